The van der Waals surface area contributed by atoms with Crippen molar-refractivity contribution in [2.75, 3.05) is 5.32 Å². The highest BCUT2D eigenvalue weighted by atomic mass is 32.2. The zero-order chi connectivity index (χ0) is 12.3. The number of rotatable bonds is 4. The topological polar surface area (TPSA) is 68.2 Å². The molecule has 1 N–H and O–H groups in total. The van der Waals surface area contributed by atoms with Crippen LogP contribution in [-0.2, 0) is 14.8 Å². The van der Waals surface area contributed by atoms with Gasteiger partial charge in [0, 0.05) is 12.4 Å². The molecule has 0 bridgehead atoms. The van der Waals surface area contributed by atoms with Crippen molar-refractivity contribution in [1.82, 2.24) is 3.97 Å². The molecule has 0 aliphatic heterocycles. The number of hydrogen-bond acceptors (Lipinski definition) is 3. The molecule has 0 atom stereocenters. The van der Waals surface area contributed by atoms with Gasteiger partial charge in [-0.3, -0.25) is 4.79 Å². The van der Waals surface area contributed by atoms with E-state index in [1.807, 2.05) is 0 Å². The van der Waals surface area contributed by atoms with Crippen LogP contribution in [0.25, 0.3) is 0 Å². The standard InChI is InChI=1S/C11H10N2O3S/c14-9-12-10-5-1-2-6-11(10)17(15,16)13-7-3-4-8-13/h1-9H,(H,12,14). The van der Waals surface area contributed by atoms with E-state index in [-0.39, 0.29) is 10.6 Å². The molecule has 2 rings (SSSR count). The molecule has 1 amide bonds. The maximum absolute atomic E-state index is 12.2. The number of carbonyl (C=O) groups is 1. The molecular formula is C11H10N2O3S. The summed E-state index contributed by atoms with van der Waals surface area (Å²) in [6.45, 7) is 0. The van der Waals surface area contributed by atoms with Crippen LogP contribution in [0.2, 0.25) is 0 Å². The van der Waals surface area contributed by atoms with Crippen molar-refractivity contribution in [2.45, 2.75) is 4.90 Å². The number of nitrogens with zero attached hydrogens (tertiary/aromatic N) is 1. The molecule has 0 aliphatic carbocycles. The number of anilines is 1. The first-order valence-electron chi connectivity index (χ1n) is 4.84. The molecule has 1 aromatic carbocycles. The van der Waals surface area contributed by atoms with Crippen LogP contribution in [0.5, 0.6) is 0 Å². The summed E-state index contributed by atoms with van der Waals surface area (Å²) >= 11 is 0. The van der Waals surface area contributed by atoms with Gasteiger partial charge in [0.05, 0.1) is 5.69 Å². The van der Waals surface area contributed by atoms with E-state index in [0.717, 1.165) is 3.97 Å². The fourth-order valence-electron chi connectivity index (χ4n) is 1.47. The van der Waals surface area contributed by atoms with Gasteiger partial charge in [0.1, 0.15) is 4.90 Å². The Morgan fingerprint density at radius 1 is 1.06 bits per heavy atom. The third-order valence-corrected chi connectivity index (χ3v) is 3.94. The highest BCUT2D eigenvalue weighted by Crippen LogP contribution is 2.22. The molecule has 1 aromatic heterocycles. The van der Waals surface area contributed by atoms with E-state index in [1.54, 1.807) is 24.3 Å². The summed E-state index contributed by atoms with van der Waals surface area (Å²) in [6, 6.07) is 9.47. The van der Waals surface area contributed by atoms with Crippen molar-refractivity contribution >= 4 is 22.1 Å². The second kappa shape index (κ2) is 4.42. The number of nitrogens with one attached hydrogen (secondary N) is 1. The van der Waals surface area contributed by atoms with Gasteiger partial charge in [0.25, 0.3) is 10.0 Å². The molecule has 88 valence electrons. The quantitative estimate of drug-likeness (QED) is 0.831. The molecule has 0 saturated carbocycles. The fraction of sp³-hybridized carbons (Fsp3) is 0. The Morgan fingerprint density at radius 3 is 2.35 bits per heavy atom. The molecule has 0 radical (unpaired) electrons. The zero-order valence-electron chi connectivity index (χ0n) is 8.78. The van der Waals surface area contributed by atoms with E-state index in [4.69, 9.17) is 0 Å². The van der Waals surface area contributed by atoms with Crippen LogP contribution in [-0.4, -0.2) is 18.8 Å². The third kappa shape index (κ3) is 2.07. The van der Waals surface area contributed by atoms with E-state index >= 15 is 0 Å². The molecule has 0 saturated heterocycles. The predicted octanol–water partition coefficient (Wildman–Crippen LogP) is 1.29. The molecule has 0 fully saturated rings. The maximum atomic E-state index is 12.2. The van der Waals surface area contributed by atoms with Gasteiger partial charge in [-0.15, -0.1) is 0 Å². The summed E-state index contributed by atoms with van der Waals surface area (Å²) in [4.78, 5) is 10.5. The average Bonchev–Trinajstić information content (AvgIpc) is 2.84. The van der Waals surface area contributed by atoms with Crippen molar-refractivity contribution in [1.29, 1.82) is 0 Å². The molecule has 1 heterocycles. The van der Waals surface area contributed by atoms with Crippen molar-refractivity contribution in [3.63, 3.8) is 0 Å². The van der Waals surface area contributed by atoms with Gasteiger partial charge in [-0.25, -0.2) is 12.4 Å². The van der Waals surface area contributed by atoms with Crippen LogP contribution in [0.15, 0.2) is 53.7 Å². The van der Waals surface area contributed by atoms with Crippen molar-refractivity contribution in [3.8, 4) is 0 Å². The molecular weight excluding hydrogens is 240 g/mol. The minimum Gasteiger partial charge on any atom is -0.327 e. The smallest absolute Gasteiger partial charge is 0.269 e. The van der Waals surface area contributed by atoms with Crippen LogP contribution in [0.3, 0.4) is 0 Å². The fourth-order valence-corrected chi connectivity index (χ4v) is 2.81. The van der Waals surface area contributed by atoms with E-state index in [1.165, 1.54) is 24.5 Å². The summed E-state index contributed by atoms with van der Waals surface area (Å²) in [5, 5.41) is 2.37. The Morgan fingerprint density at radius 2 is 1.71 bits per heavy atom. The first-order chi connectivity index (χ1) is 8.16. The Hall–Kier alpha value is -2.08. The summed E-state index contributed by atoms with van der Waals surface area (Å²) in [5.41, 5.74) is 0.260. The monoisotopic (exact) mass is 250 g/mol. The molecule has 0 unspecified atom stereocenters. The Labute approximate surface area is 98.7 Å². The van der Waals surface area contributed by atoms with Crippen LogP contribution in [0, 0.1) is 0 Å². The third-order valence-electron chi connectivity index (χ3n) is 2.23. The van der Waals surface area contributed by atoms with Gasteiger partial charge < -0.3 is 5.32 Å². The van der Waals surface area contributed by atoms with Crippen LogP contribution in [0.4, 0.5) is 5.69 Å². The molecule has 0 spiro atoms. The first-order valence-corrected chi connectivity index (χ1v) is 6.28. The van der Waals surface area contributed by atoms with E-state index in [2.05, 4.69) is 5.32 Å². The highest BCUT2D eigenvalue weighted by Gasteiger charge is 2.19. The van der Waals surface area contributed by atoms with Gasteiger partial charge in [-0.05, 0) is 24.3 Å². The SMILES string of the molecule is O=CNc1ccccc1S(=O)(=O)n1cccc1. The second-order valence-corrected chi connectivity index (χ2v) is 5.09. The summed E-state index contributed by atoms with van der Waals surface area (Å²) in [6.07, 6.45) is 3.32. The number of carbonyl (C=O) groups excluding carboxylic acids is 1. The summed E-state index contributed by atoms with van der Waals surface area (Å²) < 4.78 is 25.5. The zero-order valence-corrected chi connectivity index (χ0v) is 9.59. The van der Waals surface area contributed by atoms with E-state index < -0.39 is 10.0 Å². The maximum Gasteiger partial charge on any atom is 0.269 e. The van der Waals surface area contributed by atoms with Gasteiger partial charge in [0.15, 0.2) is 0 Å². The lowest BCUT2D eigenvalue weighted by molar-refractivity contribution is -0.105. The van der Waals surface area contributed by atoms with Crippen LogP contribution < -0.4 is 5.32 Å². The largest absolute Gasteiger partial charge is 0.327 e. The number of benzene rings is 1. The normalized spacial score (nSPS) is 11.1. The van der Waals surface area contributed by atoms with Gasteiger partial charge in [-0.1, -0.05) is 12.1 Å². The first kappa shape index (κ1) is 11.4. The molecule has 6 heteroatoms. The number of hydrogen-bond donors (Lipinski definition) is 1. The minimum atomic E-state index is -3.65. The van der Waals surface area contributed by atoms with E-state index in [0.29, 0.717) is 6.41 Å². The van der Waals surface area contributed by atoms with Gasteiger partial charge in [0.2, 0.25) is 6.41 Å². The van der Waals surface area contributed by atoms with Crippen molar-refractivity contribution < 1.29 is 13.2 Å². The molecule has 0 aliphatic rings. The number of para-hydroxylation sites is 1. The Balaban J connectivity index is 2.58. The molecule has 5 nitrogen and oxygen atoms in total. The van der Waals surface area contributed by atoms with Crippen molar-refractivity contribution in [2.24, 2.45) is 0 Å². The number of amides is 1. The second-order valence-electron chi connectivity index (χ2n) is 3.28. The molecule has 2 aromatic rings. The van der Waals surface area contributed by atoms with Crippen molar-refractivity contribution in [3.05, 3.63) is 48.8 Å². The lowest BCUT2D eigenvalue weighted by Crippen LogP contribution is -2.13. The lowest BCUT2D eigenvalue weighted by atomic mass is 10.3. The van der Waals surface area contributed by atoms with E-state index in [9.17, 15) is 13.2 Å². The van der Waals surface area contributed by atoms with Gasteiger partial charge in [-0.2, -0.15) is 0 Å². The highest BCUT2D eigenvalue weighted by molar-refractivity contribution is 7.90. The average molecular weight is 250 g/mol. The Bertz CT molecular complexity index is 618. The van der Waals surface area contributed by atoms with Crippen LogP contribution >= 0.6 is 0 Å². The summed E-state index contributed by atoms with van der Waals surface area (Å²) in [7, 11) is -3.65. The summed E-state index contributed by atoms with van der Waals surface area (Å²) in [5.74, 6) is 0. The van der Waals surface area contributed by atoms with Crippen LogP contribution in [0.1, 0.15) is 0 Å². The number of aromatic nitrogens is 1. The van der Waals surface area contributed by atoms with Gasteiger partial charge >= 0.3 is 0 Å². The lowest BCUT2D eigenvalue weighted by Gasteiger charge is -2.09. The molecule has 17 heavy (non-hydrogen) atoms. The Kier molecular flexibility index (Phi) is 2.97. The minimum absolute atomic E-state index is 0.0586. The predicted molar refractivity (Wildman–Crippen MR) is 63.1 cm³/mol.